The second-order valence-electron chi connectivity index (χ2n) is 7.82. The molecule has 0 bridgehead atoms. The molecule has 156 valence electrons. The van der Waals surface area contributed by atoms with Gasteiger partial charge in [-0.25, -0.2) is 9.97 Å². The fourth-order valence-electron chi connectivity index (χ4n) is 3.89. The number of carbonyl (C=O) groups excluding carboxylic acids is 1. The lowest BCUT2D eigenvalue weighted by atomic mass is 10.1. The monoisotopic (exact) mass is 439 g/mol. The van der Waals surface area contributed by atoms with Crippen LogP contribution < -0.4 is 5.32 Å². The number of rotatable bonds is 7. The highest BCUT2D eigenvalue weighted by atomic mass is 32.2. The van der Waals surface area contributed by atoms with Crippen LogP contribution in [-0.2, 0) is 6.42 Å². The van der Waals surface area contributed by atoms with Crippen molar-refractivity contribution in [1.29, 1.82) is 0 Å². The number of hydrogen-bond acceptors (Lipinski definition) is 7. The van der Waals surface area contributed by atoms with Crippen LogP contribution in [0.1, 0.15) is 46.1 Å². The zero-order valence-corrected chi connectivity index (χ0v) is 18.7. The van der Waals surface area contributed by atoms with Crippen molar-refractivity contribution in [3.8, 4) is 0 Å². The predicted octanol–water partition coefficient (Wildman–Crippen LogP) is 4.65. The minimum atomic E-state index is -0.312. The number of thioether (sulfide) groups is 1. The number of aromatic nitrogens is 2. The standard InChI is InChI=1S/C23H25N3O2S2/c1-14-6-17(10-20(14)27)26-23-19(11-24-13-25-23)22(28)21-9-16(12-30-21)7-15-4-3-5-18(8-15)29-2/h3-5,8-9,11-14,17,20,27H,6-7,10H2,1-2H3,(H,24,25,26)/t14-,17-,20+/m1/s1. The second-order valence-corrected chi connectivity index (χ2v) is 9.61. The Bertz CT molecular complexity index is 1030. The molecule has 2 aromatic heterocycles. The molecule has 1 aliphatic rings. The lowest BCUT2D eigenvalue weighted by Gasteiger charge is -2.15. The van der Waals surface area contributed by atoms with Crippen LogP contribution in [0.3, 0.4) is 0 Å². The average molecular weight is 440 g/mol. The van der Waals surface area contributed by atoms with Gasteiger partial charge in [-0.05, 0) is 66.1 Å². The van der Waals surface area contributed by atoms with Gasteiger partial charge in [0.05, 0.1) is 16.5 Å². The summed E-state index contributed by atoms with van der Waals surface area (Å²) in [5.74, 6) is 0.718. The molecule has 0 radical (unpaired) electrons. The molecule has 1 saturated carbocycles. The number of aliphatic hydroxyl groups is 1. The van der Waals surface area contributed by atoms with Gasteiger partial charge in [-0.2, -0.15) is 0 Å². The number of hydrogen-bond donors (Lipinski definition) is 2. The van der Waals surface area contributed by atoms with E-state index in [-0.39, 0.29) is 23.8 Å². The van der Waals surface area contributed by atoms with Gasteiger partial charge in [-0.15, -0.1) is 23.1 Å². The third kappa shape index (κ3) is 4.74. The molecule has 4 rings (SSSR count). The molecule has 3 atom stereocenters. The third-order valence-corrected chi connectivity index (χ3v) is 7.26. The summed E-state index contributed by atoms with van der Waals surface area (Å²) in [6.45, 7) is 2.04. The summed E-state index contributed by atoms with van der Waals surface area (Å²) in [5.41, 5.74) is 2.84. The van der Waals surface area contributed by atoms with E-state index in [0.29, 0.717) is 22.7 Å². The van der Waals surface area contributed by atoms with Crippen LogP contribution in [-0.4, -0.2) is 39.3 Å². The van der Waals surface area contributed by atoms with Crippen molar-refractivity contribution in [2.45, 2.75) is 43.2 Å². The topological polar surface area (TPSA) is 75.1 Å². The Morgan fingerprint density at radius 3 is 2.93 bits per heavy atom. The zero-order valence-electron chi connectivity index (χ0n) is 17.0. The fourth-order valence-corrected chi connectivity index (χ4v) is 5.24. The molecule has 0 spiro atoms. The van der Waals surface area contributed by atoms with Crippen molar-refractivity contribution in [3.05, 3.63) is 69.8 Å². The fraction of sp³-hybridized carbons (Fsp3) is 0.348. The molecule has 0 amide bonds. The van der Waals surface area contributed by atoms with Crippen molar-refractivity contribution < 1.29 is 9.90 Å². The van der Waals surface area contributed by atoms with E-state index in [9.17, 15) is 9.90 Å². The number of anilines is 1. The number of nitrogens with one attached hydrogen (secondary N) is 1. The predicted molar refractivity (Wildman–Crippen MR) is 123 cm³/mol. The van der Waals surface area contributed by atoms with Gasteiger partial charge in [0.1, 0.15) is 12.1 Å². The van der Waals surface area contributed by atoms with Crippen LogP contribution in [0.25, 0.3) is 0 Å². The van der Waals surface area contributed by atoms with Gasteiger partial charge in [0.15, 0.2) is 0 Å². The smallest absolute Gasteiger partial charge is 0.208 e. The summed E-state index contributed by atoms with van der Waals surface area (Å²) < 4.78 is 0. The van der Waals surface area contributed by atoms with Crippen LogP contribution >= 0.6 is 23.1 Å². The molecule has 1 fully saturated rings. The van der Waals surface area contributed by atoms with Crippen LogP contribution in [0, 0.1) is 5.92 Å². The number of ketones is 1. The molecule has 1 aromatic carbocycles. The van der Waals surface area contributed by atoms with Gasteiger partial charge >= 0.3 is 0 Å². The summed E-state index contributed by atoms with van der Waals surface area (Å²) in [6, 6.07) is 10.6. The molecular formula is C23H25N3O2S2. The summed E-state index contributed by atoms with van der Waals surface area (Å²) in [6.07, 6.45) is 7.11. The maximum Gasteiger partial charge on any atom is 0.208 e. The van der Waals surface area contributed by atoms with Crippen molar-refractivity contribution in [2.75, 3.05) is 11.6 Å². The van der Waals surface area contributed by atoms with Gasteiger partial charge in [0.2, 0.25) is 5.78 Å². The SMILES string of the molecule is CSc1cccc(Cc2csc(C(=O)c3cncnc3N[C@@H]3C[C@@H](C)[C@@H](O)C3)c2)c1. The number of benzene rings is 1. The molecular weight excluding hydrogens is 414 g/mol. The van der Waals surface area contributed by atoms with Gasteiger partial charge in [-0.1, -0.05) is 19.1 Å². The number of nitrogens with zero attached hydrogens (tertiary/aromatic N) is 2. The zero-order chi connectivity index (χ0) is 21.1. The first-order valence-electron chi connectivity index (χ1n) is 10.0. The van der Waals surface area contributed by atoms with E-state index in [4.69, 9.17) is 0 Å². The van der Waals surface area contributed by atoms with E-state index < -0.39 is 0 Å². The van der Waals surface area contributed by atoms with E-state index in [1.165, 1.54) is 28.1 Å². The Kier molecular flexibility index (Phi) is 6.51. The van der Waals surface area contributed by atoms with Crippen LogP contribution in [0.4, 0.5) is 5.82 Å². The number of thiophene rings is 1. The van der Waals surface area contributed by atoms with E-state index in [1.54, 1.807) is 18.0 Å². The molecule has 7 heteroatoms. The highest BCUT2D eigenvalue weighted by molar-refractivity contribution is 7.98. The first kappa shape index (κ1) is 21.0. The maximum absolute atomic E-state index is 13.2. The summed E-state index contributed by atoms with van der Waals surface area (Å²) in [5, 5.41) is 15.4. The highest BCUT2D eigenvalue weighted by Crippen LogP contribution is 2.30. The summed E-state index contributed by atoms with van der Waals surface area (Å²) >= 11 is 3.18. The highest BCUT2D eigenvalue weighted by Gasteiger charge is 2.30. The van der Waals surface area contributed by atoms with Gasteiger partial charge < -0.3 is 10.4 Å². The van der Waals surface area contributed by atoms with Crippen LogP contribution in [0.15, 0.2) is 53.1 Å². The Morgan fingerprint density at radius 2 is 2.17 bits per heavy atom. The molecule has 0 unspecified atom stereocenters. The van der Waals surface area contributed by atoms with E-state index in [1.807, 2.05) is 18.4 Å². The summed E-state index contributed by atoms with van der Waals surface area (Å²) in [7, 11) is 0. The molecule has 0 aliphatic heterocycles. The number of aliphatic hydroxyl groups excluding tert-OH is 1. The molecule has 5 nitrogen and oxygen atoms in total. The van der Waals surface area contributed by atoms with Crippen LogP contribution in [0.2, 0.25) is 0 Å². The number of carbonyl (C=O) groups is 1. The first-order chi connectivity index (χ1) is 14.5. The summed E-state index contributed by atoms with van der Waals surface area (Å²) in [4.78, 5) is 23.5. The second kappa shape index (κ2) is 9.29. The lowest BCUT2D eigenvalue weighted by Crippen LogP contribution is -2.20. The normalized spacial score (nSPS) is 21.0. The first-order valence-corrected chi connectivity index (χ1v) is 12.1. The third-order valence-electron chi connectivity index (χ3n) is 5.56. The molecule has 3 aromatic rings. The Morgan fingerprint density at radius 1 is 1.30 bits per heavy atom. The largest absolute Gasteiger partial charge is 0.393 e. The van der Waals surface area contributed by atoms with Gasteiger partial charge in [-0.3, -0.25) is 4.79 Å². The lowest BCUT2D eigenvalue weighted by molar-refractivity contribution is 0.104. The average Bonchev–Trinajstić information content (AvgIpc) is 3.34. The minimum absolute atomic E-state index is 0.0705. The van der Waals surface area contributed by atoms with Gasteiger partial charge in [0, 0.05) is 17.1 Å². The Balaban J connectivity index is 1.50. The molecule has 2 N–H and O–H groups in total. The van der Waals surface area contributed by atoms with Crippen molar-refractivity contribution >= 4 is 34.7 Å². The van der Waals surface area contributed by atoms with E-state index >= 15 is 0 Å². The molecule has 2 heterocycles. The van der Waals surface area contributed by atoms with Crippen molar-refractivity contribution in [1.82, 2.24) is 9.97 Å². The maximum atomic E-state index is 13.2. The van der Waals surface area contributed by atoms with Crippen molar-refractivity contribution in [3.63, 3.8) is 0 Å². The van der Waals surface area contributed by atoms with E-state index in [2.05, 4.69) is 45.8 Å². The molecule has 1 aliphatic carbocycles. The van der Waals surface area contributed by atoms with Crippen LogP contribution in [0.5, 0.6) is 0 Å². The van der Waals surface area contributed by atoms with E-state index in [0.717, 1.165) is 18.4 Å². The minimum Gasteiger partial charge on any atom is -0.393 e. The Hall–Kier alpha value is -2.22. The Labute approximate surface area is 185 Å². The molecule has 30 heavy (non-hydrogen) atoms. The van der Waals surface area contributed by atoms with Crippen molar-refractivity contribution in [2.24, 2.45) is 5.92 Å². The quantitative estimate of drug-likeness (QED) is 0.412. The van der Waals surface area contributed by atoms with Gasteiger partial charge in [0.25, 0.3) is 0 Å². The molecule has 0 saturated heterocycles.